The molecule has 0 spiro atoms. The zero-order chi connectivity index (χ0) is 8.27. The Labute approximate surface area is 70.6 Å². The summed E-state index contributed by atoms with van der Waals surface area (Å²) in [5, 5.41) is 3.58. The average Bonchev–Trinajstić information content (AvgIpc) is 2.35. The van der Waals surface area contributed by atoms with E-state index in [1.807, 2.05) is 0 Å². The normalized spacial score (nSPS) is 22.9. The van der Waals surface area contributed by atoms with Gasteiger partial charge in [0.25, 0.3) is 0 Å². The van der Waals surface area contributed by atoms with Crippen LogP contribution in [-0.4, -0.2) is 12.1 Å². The van der Waals surface area contributed by atoms with Gasteiger partial charge < -0.3 is 5.32 Å². The van der Waals surface area contributed by atoms with E-state index in [0.717, 1.165) is 12.0 Å². The first-order valence-electron chi connectivity index (χ1n) is 4.96. The highest BCUT2D eigenvalue weighted by Crippen LogP contribution is 2.27. The highest BCUT2D eigenvalue weighted by molar-refractivity contribution is 4.78. The molecule has 66 valence electrons. The Morgan fingerprint density at radius 1 is 1.09 bits per heavy atom. The lowest BCUT2D eigenvalue weighted by molar-refractivity contribution is 0.358. The van der Waals surface area contributed by atoms with Gasteiger partial charge in [-0.05, 0) is 25.7 Å². The van der Waals surface area contributed by atoms with Gasteiger partial charge in [0.2, 0.25) is 0 Å². The van der Waals surface area contributed by atoms with Crippen LogP contribution in [0.3, 0.4) is 0 Å². The van der Waals surface area contributed by atoms with Crippen molar-refractivity contribution in [3.8, 4) is 0 Å². The van der Waals surface area contributed by atoms with Crippen molar-refractivity contribution in [2.24, 2.45) is 5.92 Å². The molecule has 0 aliphatic heterocycles. The molecule has 1 aliphatic carbocycles. The minimum absolute atomic E-state index is 0.644. The molecule has 0 saturated heterocycles. The Morgan fingerprint density at radius 3 is 2.09 bits per heavy atom. The second kappa shape index (κ2) is 4.10. The van der Waals surface area contributed by atoms with Gasteiger partial charge in [0, 0.05) is 12.1 Å². The predicted molar refractivity (Wildman–Crippen MR) is 49.7 cm³/mol. The Balaban J connectivity index is 2.22. The predicted octanol–water partition coefficient (Wildman–Crippen LogP) is 2.56. The summed E-state index contributed by atoms with van der Waals surface area (Å²) in [6.07, 6.45) is 5.80. The van der Waals surface area contributed by atoms with Crippen LogP contribution in [0.15, 0.2) is 0 Å². The molecule has 0 heterocycles. The van der Waals surface area contributed by atoms with Crippen LogP contribution in [-0.2, 0) is 0 Å². The molecule has 0 bridgehead atoms. The maximum absolute atomic E-state index is 3.58. The molecule has 1 nitrogen and oxygen atoms in total. The van der Waals surface area contributed by atoms with Crippen LogP contribution < -0.4 is 5.32 Å². The molecule has 1 heteroatoms. The van der Waals surface area contributed by atoms with Gasteiger partial charge in [0.1, 0.15) is 0 Å². The molecule has 11 heavy (non-hydrogen) atoms. The molecule has 0 aromatic heterocycles. The van der Waals surface area contributed by atoms with E-state index in [0.29, 0.717) is 6.04 Å². The Bertz CT molecular complexity index is 103. The van der Waals surface area contributed by atoms with Gasteiger partial charge in [-0.1, -0.05) is 26.7 Å². The molecule has 0 aromatic carbocycles. The lowest BCUT2D eigenvalue weighted by Gasteiger charge is -2.22. The van der Waals surface area contributed by atoms with Gasteiger partial charge in [0.05, 0.1) is 0 Å². The van der Waals surface area contributed by atoms with E-state index in [9.17, 15) is 0 Å². The van der Waals surface area contributed by atoms with Crippen molar-refractivity contribution in [3.05, 3.63) is 0 Å². The van der Waals surface area contributed by atoms with Crippen molar-refractivity contribution in [1.29, 1.82) is 0 Å². The fourth-order valence-electron chi connectivity index (χ4n) is 2.12. The fraction of sp³-hybridized carbons (Fsp3) is 1.00. The van der Waals surface area contributed by atoms with Crippen molar-refractivity contribution < 1.29 is 0 Å². The summed E-state index contributed by atoms with van der Waals surface area (Å²) in [6.45, 7) is 6.78. The molecule has 1 rings (SSSR count). The smallest absolute Gasteiger partial charge is 0.00693 e. The van der Waals surface area contributed by atoms with Crippen LogP contribution >= 0.6 is 0 Å². The molecule has 0 radical (unpaired) electrons. The van der Waals surface area contributed by atoms with Gasteiger partial charge in [0.15, 0.2) is 0 Å². The van der Waals surface area contributed by atoms with Crippen molar-refractivity contribution in [2.75, 3.05) is 0 Å². The van der Waals surface area contributed by atoms with Crippen LogP contribution in [0.2, 0.25) is 0 Å². The maximum Gasteiger partial charge on any atom is 0.00693 e. The zero-order valence-electron chi connectivity index (χ0n) is 8.06. The summed E-state index contributed by atoms with van der Waals surface area (Å²) in [7, 11) is 0. The van der Waals surface area contributed by atoms with E-state index in [-0.39, 0.29) is 0 Å². The summed E-state index contributed by atoms with van der Waals surface area (Å²) in [6, 6.07) is 1.38. The van der Waals surface area contributed by atoms with Gasteiger partial charge in [-0.2, -0.15) is 0 Å². The van der Waals surface area contributed by atoms with E-state index < -0.39 is 0 Å². The number of hydrogen-bond donors (Lipinski definition) is 1. The Kier molecular flexibility index (Phi) is 3.38. The van der Waals surface area contributed by atoms with E-state index in [2.05, 4.69) is 26.1 Å². The number of nitrogens with one attached hydrogen (secondary N) is 1. The van der Waals surface area contributed by atoms with Crippen LogP contribution in [0.5, 0.6) is 0 Å². The summed E-state index contributed by atoms with van der Waals surface area (Å²) in [4.78, 5) is 0. The minimum Gasteiger partial charge on any atom is -0.312 e. The fourth-order valence-corrected chi connectivity index (χ4v) is 2.12. The Morgan fingerprint density at radius 2 is 1.64 bits per heavy atom. The monoisotopic (exact) mass is 155 g/mol. The van der Waals surface area contributed by atoms with Crippen LogP contribution in [0.1, 0.15) is 46.5 Å². The molecular weight excluding hydrogens is 134 g/mol. The largest absolute Gasteiger partial charge is 0.312 e. The first kappa shape index (κ1) is 9.05. The third kappa shape index (κ3) is 2.82. The Hall–Kier alpha value is -0.0400. The van der Waals surface area contributed by atoms with Crippen LogP contribution in [0, 0.1) is 5.92 Å². The topological polar surface area (TPSA) is 12.0 Å². The van der Waals surface area contributed by atoms with Gasteiger partial charge in [-0.25, -0.2) is 0 Å². The molecular formula is C10H21N. The molecule has 1 fully saturated rings. The van der Waals surface area contributed by atoms with Crippen molar-refractivity contribution in [3.63, 3.8) is 0 Å². The summed E-state index contributed by atoms with van der Waals surface area (Å²) in [5.74, 6) is 0.956. The zero-order valence-corrected chi connectivity index (χ0v) is 8.06. The molecule has 1 saturated carbocycles. The lowest BCUT2D eigenvalue weighted by atomic mass is 9.99. The van der Waals surface area contributed by atoms with Crippen LogP contribution in [0.25, 0.3) is 0 Å². The van der Waals surface area contributed by atoms with Crippen LogP contribution in [0.4, 0.5) is 0 Å². The highest BCUT2D eigenvalue weighted by Gasteiger charge is 2.21. The average molecular weight is 155 g/mol. The summed E-state index contributed by atoms with van der Waals surface area (Å²) in [5.41, 5.74) is 0. The van der Waals surface area contributed by atoms with Crippen molar-refractivity contribution in [2.45, 2.75) is 58.5 Å². The standard InChI is InChI=1S/C10H21N/c1-8(2)11-9(3)10-6-4-5-7-10/h8-11H,4-7H2,1-3H3. The highest BCUT2D eigenvalue weighted by atomic mass is 14.9. The van der Waals surface area contributed by atoms with E-state index >= 15 is 0 Å². The SMILES string of the molecule is CC(C)NC(C)C1CCCC1. The van der Waals surface area contributed by atoms with Gasteiger partial charge in [-0.15, -0.1) is 0 Å². The second-order valence-corrected chi connectivity index (χ2v) is 4.15. The minimum atomic E-state index is 0.644. The third-order valence-electron chi connectivity index (χ3n) is 2.70. The molecule has 0 aromatic rings. The molecule has 1 unspecified atom stereocenters. The van der Waals surface area contributed by atoms with Gasteiger partial charge >= 0.3 is 0 Å². The molecule has 0 amide bonds. The van der Waals surface area contributed by atoms with Crippen molar-refractivity contribution in [1.82, 2.24) is 5.32 Å². The van der Waals surface area contributed by atoms with E-state index in [4.69, 9.17) is 0 Å². The third-order valence-corrected chi connectivity index (χ3v) is 2.70. The first-order chi connectivity index (χ1) is 5.20. The quantitative estimate of drug-likeness (QED) is 0.660. The summed E-state index contributed by atoms with van der Waals surface area (Å²) >= 11 is 0. The van der Waals surface area contributed by atoms with E-state index in [1.165, 1.54) is 25.7 Å². The number of rotatable bonds is 3. The maximum atomic E-state index is 3.58. The summed E-state index contributed by atoms with van der Waals surface area (Å²) < 4.78 is 0. The molecule has 1 aliphatic rings. The van der Waals surface area contributed by atoms with E-state index in [1.54, 1.807) is 0 Å². The molecule has 1 atom stereocenters. The lowest BCUT2D eigenvalue weighted by Crippen LogP contribution is -2.37. The molecule has 1 N–H and O–H groups in total. The number of hydrogen-bond acceptors (Lipinski definition) is 1. The first-order valence-corrected chi connectivity index (χ1v) is 4.96. The van der Waals surface area contributed by atoms with Crippen molar-refractivity contribution >= 4 is 0 Å². The second-order valence-electron chi connectivity index (χ2n) is 4.15. The van der Waals surface area contributed by atoms with Gasteiger partial charge in [-0.3, -0.25) is 0 Å².